The van der Waals surface area contributed by atoms with E-state index < -0.39 is 5.82 Å². The Morgan fingerprint density at radius 2 is 2.12 bits per heavy atom. The molecule has 0 radical (unpaired) electrons. The Balaban J connectivity index is 2.92. The lowest BCUT2D eigenvalue weighted by molar-refractivity contribution is 0.249. The molecule has 0 amide bonds. The van der Waals surface area contributed by atoms with Crippen LogP contribution in [0.5, 0.6) is 0 Å². The summed E-state index contributed by atoms with van der Waals surface area (Å²) in [5, 5.41) is 12.1. The monoisotopic (exact) mass is 246 g/mol. The fourth-order valence-corrected chi connectivity index (χ4v) is 1.48. The third-order valence-corrected chi connectivity index (χ3v) is 2.72. The van der Waals surface area contributed by atoms with Gasteiger partial charge in [-0.1, -0.05) is 25.4 Å². The first-order valence-electron chi connectivity index (χ1n) is 5.07. The minimum Gasteiger partial charge on any atom is -0.397 e. The van der Waals surface area contributed by atoms with E-state index in [0.29, 0.717) is 11.4 Å². The Kier molecular flexibility index (Phi) is 4.38. The van der Waals surface area contributed by atoms with Gasteiger partial charge in [0, 0.05) is 6.07 Å². The fourth-order valence-electron chi connectivity index (χ4n) is 1.31. The van der Waals surface area contributed by atoms with Gasteiger partial charge in [-0.05, 0) is 12.0 Å². The molecule has 0 spiro atoms. The topological polar surface area (TPSA) is 58.3 Å². The van der Waals surface area contributed by atoms with E-state index in [9.17, 15) is 4.39 Å². The predicted molar refractivity (Wildman–Crippen MR) is 65.2 cm³/mol. The molecule has 4 N–H and O–H groups in total. The second-order valence-electron chi connectivity index (χ2n) is 4.03. The first-order valence-corrected chi connectivity index (χ1v) is 5.45. The molecule has 90 valence electrons. The first-order chi connectivity index (χ1) is 7.45. The molecule has 0 aliphatic rings. The molecule has 0 fully saturated rings. The van der Waals surface area contributed by atoms with Gasteiger partial charge in [-0.2, -0.15) is 0 Å². The summed E-state index contributed by atoms with van der Waals surface area (Å²) in [4.78, 5) is 0. The number of aliphatic hydroxyl groups is 1. The number of nitrogen functional groups attached to an aromatic ring is 1. The molecule has 1 rings (SSSR count). The second kappa shape index (κ2) is 5.37. The Bertz CT molecular complexity index is 371. The number of anilines is 2. The number of rotatable bonds is 4. The van der Waals surface area contributed by atoms with E-state index in [-0.39, 0.29) is 23.6 Å². The van der Waals surface area contributed by atoms with Crippen molar-refractivity contribution in [1.82, 2.24) is 0 Å². The van der Waals surface area contributed by atoms with Crippen LogP contribution in [0.15, 0.2) is 12.1 Å². The van der Waals surface area contributed by atoms with Gasteiger partial charge in [0.15, 0.2) is 0 Å². The lowest BCUT2D eigenvalue weighted by Crippen LogP contribution is -2.29. The lowest BCUT2D eigenvalue weighted by atomic mass is 10.0. The van der Waals surface area contributed by atoms with Crippen molar-refractivity contribution in [2.24, 2.45) is 5.92 Å². The van der Waals surface area contributed by atoms with Gasteiger partial charge in [0.25, 0.3) is 0 Å². The van der Waals surface area contributed by atoms with Crippen molar-refractivity contribution < 1.29 is 9.50 Å². The van der Waals surface area contributed by atoms with Crippen molar-refractivity contribution in [3.63, 3.8) is 0 Å². The van der Waals surface area contributed by atoms with E-state index in [0.717, 1.165) is 0 Å². The molecule has 0 aliphatic carbocycles. The van der Waals surface area contributed by atoms with E-state index in [2.05, 4.69) is 5.32 Å². The quantitative estimate of drug-likeness (QED) is 0.716. The highest BCUT2D eigenvalue weighted by atomic mass is 35.5. The SMILES string of the molecule is CC(C)[C@@H](CO)Nc1cc(F)c(Cl)cc1N. The van der Waals surface area contributed by atoms with Crippen LogP contribution in [-0.4, -0.2) is 17.8 Å². The molecule has 5 heteroatoms. The molecule has 1 atom stereocenters. The summed E-state index contributed by atoms with van der Waals surface area (Å²) in [5.74, 6) is -0.318. The first kappa shape index (κ1) is 13.1. The molecule has 0 saturated heterocycles. The molecule has 0 aromatic heterocycles. The summed E-state index contributed by atoms with van der Waals surface area (Å²) in [7, 11) is 0. The average Bonchev–Trinajstić information content (AvgIpc) is 2.21. The van der Waals surface area contributed by atoms with Crippen molar-refractivity contribution in [2.45, 2.75) is 19.9 Å². The van der Waals surface area contributed by atoms with Gasteiger partial charge in [0.1, 0.15) is 5.82 Å². The van der Waals surface area contributed by atoms with Crippen molar-refractivity contribution in [1.29, 1.82) is 0 Å². The standard InChI is InChI=1S/C11H16ClFN2O/c1-6(2)11(5-16)15-10-4-8(13)7(12)3-9(10)14/h3-4,6,11,15-16H,5,14H2,1-2H3/t11-/m1/s1. The van der Waals surface area contributed by atoms with Crippen LogP contribution in [0.25, 0.3) is 0 Å². The van der Waals surface area contributed by atoms with E-state index in [1.54, 1.807) is 0 Å². The molecule has 0 unspecified atom stereocenters. The van der Waals surface area contributed by atoms with E-state index in [4.69, 9.17) is 22.4 Å². The van der Waals surface area contributed by atoms with Crippen molar-refractivity contribution in [3.8, 4) is 0 Å². The maximum Gasteiger partial charge on any atom is 0.143 e. The molecule has 1 aromatic carbocycles. The molecule has 1 aromatic rings. The number of aliphatic hydroxyl groups excluding tert-OH is 1. The molecule has 0 aliphatic heterocycles. The lowest BCUT2D eigenvalue weighted by Gasteiger charge is -2.22. The fraction of sp³-hybridized carbons (Fsp3) is 0.455. The summed E-state index contributed by atoms with van der Waals surface area (Å²) in [6.45, 7) is 3.87. The van der Waals surface area contributed by atoms with Gasteiger partial charge in [0.05, 0.1) is 29.0 Å². The average molecular weight is 247 g/mol. The van der Waals surface area contributed by atoms with E-state index in [1.807, 2.05) is 13.8 Å². The van der Waals surface area contributed by atoms with Crippen LogP contribution in [0.1, 0.15) is 13.8 Å². The Morgan fingerprint density at radius 1 is 1.50 bits per heavy atom. The molecule has 16 heavy (non-hydrogen) atoms. The number of halogens is 2. The third kappa shape index (κ3) is 3.00. The van der Waals surface area contributed by atoms with Gasteiger partial charge in [-0.3, -0.25) is 0 Å². The van der Waals surface area contributed by atoms with Crippen LogP contribution in [0.3, 0.4) is 0 Å². The summed E-state index contributed by atoms with van der Waals surface area (Å²) >= 11 is 5.59. The Labute approximate surface area is 99.4 Å². The molecular formula is C11H16ClFN2O. The zero-order valence-electron chi connectivity index (χ0n) is 9.30. The van der Waals surface area contributed by atoms with Crippen LogP contribution in [0, 0.1) is 11.7 Å². The summed E-state index contributed by atoms with van der Waals surface area (Å²) in [6.07, 6.45) is 0. The van der Waals surface area contributed by atoms with Crippen LogP contribution >= 0.6 is 11.6 Å². The van der Waals surface area contributed by atoms with Crippen LogP contribution in [-0.2, 0) is 0 Å². The number of hydrogen-bond acceptors (Lipinski definition) is 3. The molecular weight excluding hydrogens is 231 g/mol. The highest BCUT2D eigenvalue weighted by Crippen LogP contribution is 2.27. The van der Waals surface area contributed by atoms with E-state index in [1.165, 1.54) is 12.1 Å². The largest absolute Gasteiger partial charge is 0.397 e. The third-order valence-electron chi connectivity index (χ3n) is 2.43. The highest BCUT2D eigenvalue weighted by molar-refractivity contribution is 6.31. The molecule has 0 bridgehead atoms. The van der Waals surface area contributed by atoms with E-state index >= 15 is 0 Å². The zero-order chi connectivity index (χ0) is 12.3. The van der Waals surface area contributed by atoms with Crippen molar-refractivity contribution in [2.75, 3.05) is 17.7 Å². The zero-order valence-corrected chi connectivity index (χ0v) is 10.1. The number of benzene rings is 1. The Hall–Kier alpha value is -1.00. The van der Waals surface area contributed by atoms with Gasteiger partial charge in [-0.25, -0.2) is 4.39 Å². The van der Waals surface area contributed by atoms with Gasteiger partial charge in [-0.15, -0.1) is 0 Å². The smallest absolute Gasteiger partial charge is 0.143 e. The summed E-state index contributed by atoms with van der Waals surface area (Å²) in [5.41, 5.74) is 6.52. The maximum absolute atomic E-state index is 13.2. The normalized spacial score (nSPS) is 12.9. The number of hydrogen-bond donors (Lipinski definition) is 3. The second-order valence-corrected chi connectivity index (χ2v) is 4.44. The van der Waals surface area contributed by atoms with Gasteiger partial charge < -0.3 is 16.2 Å². The van der Waals surface area contributed by atoms with Crippen molar-refractivity contribution in [3.05, 3.63) is 23.0 Å². The maximum atomic E-state index is 13.2. The highest BCUT2D eigenvalue weighted by Gasteiger charge is 2.14. The number of nitrogens with one attached hydrogen (secondary N) is 1. The predicted octanol–water partition coefficient (Wildman–Crippen LogP) is 2.49. The molecule has 3 nitrogen and oxygen atoms in total. The summed E-state index contributed by atoms with van der Waals surface area (Å²) < 4.78 is 13.2. The van der Waals surface area contributed by atoms with Gasteiger partial charge >= 0.3 is 0 Å². The van der Waals surface area contributed by atoms with Crippen molar-refractivity contribution >= 4 is 23.0 Å². The molecule has 0 heterocycles. The summed E-state index contributed by atoms with van der Waals surface area (Å²) in [6, 6.07) is 2.43. The van der Waals surface area contributed by atoms with Crippen LogP contribution in [0.4, 0.5) is 15.8 Å². The van der Waals surface area contributed by atoms with Crippen LogP contribution in [0.2, 0.25) is 5.02 Å². The molecule has 0 saturated carbocycles. The minimum atomic E-state index is -0.529. The Morgan fingerprint density at radius 3 is 2.62 bits per heavy atom. The van der Waals surface area contributed by atoms with Crippen LogP contribution < -0.4 is 11.1 Å². The van der Waals surface area contributed by atoms with Gasteiger partial charge in [0.2, 0.25) is 0 Å². The minimum absolute atomic E-state index is 0.00635. The number of nitrogens with two attached hydrogens (primary N) is 1.